The van der Waals surface area contributed by atoms with Gasteiger partial charge in [0.05, 0.1) is 11.4 Å². The van der Waals surface area contributed by atoms with Crippen LogP contribution in [0.2, 0.25) is 0 Å². The Morgan fingerprint density at radius 2 is 1.68 bits per heavy atom. The van der Waals surface area contributed by atoms with E-state index in [1.807, 2.05) is 42.3 Å². The largest absolute Gasteiger partial charge is 0.365 e. The molecule has 1 amide bonds. The highest BCUT2D eigenvalue weighted by Crippen LogP contribution is 2.22. The average molecular weight is 402 g/mol. The Morgan fingerprint density at radius 3 is 2.36 bits per heavy atom. The summed E-state index contributed by atoms with van der Waals surface area (Å²) in [6.45, 7) is 1.29. The standard InChI is InChI=1S/C21H27N3O3S/c1-23(19-11-5-4-6-12-19)17-21(25)22-18-10-9-13-20(16-18)28(26,27)24-14-7-2-3-8-15-24/h4-6,9-13,16H,2-3,7-8,14-15,17H2,1H3,(H,22,25). The third-order valence-corrected chi connectivity index (χ3v) is 6.79. The molecule has 1 saturated heterocycles. The zero-order valence-corrected chi connectivity index (χ0v) is 17.0. The molecule has 0 atom stereocenters. The minimum atomic E-state index is -3.54. The van der Waals surface area contributed by atoms with Gasteiger partial charge in [-0.15, -0.1) is 0 Å². The van der Waals surface area contributed by atoms with Crippen molar-refractivity contribution in [3.05, 3.63) is 54.6 Å². The van der Waals surface area contributed by atoms with Crippen molar-refractivity contribution in [3.8, 4) is 0 Å². The maximum Gasteiger partial charge on any atom is 0.243 e. The molecule has 3 rings (SSSR count). The molecule has 0 aromatic heterocycles. The van der Waals surface area contributed by atoms with Gasteiger partial charge in [-0.2, -0.15) is 4.31 Å². The summed E-state index contributed by atoms with van der Waals surface area (Å²) in [6.07, 6.45) is 3.91. The van der Waals surface area contributed by atoms with Gasteiger partial charge in [0.1, 0.15) is 0 Å². The van der Waals surface area contributed by atoms with Crippen molar-refractivity contribution < 1.29 is 13.2 Å². The molecule has 1 fully saturated rings. The zero-order chi connectivity index (χ0) is 20.0. The van der Waals surface area contributed by atoms with Gasteiger partial charge in [0.25, 0.3) is 0 Å². The van der Waals surface area contributed by atoms with E-state index in [1.54, 1.807) is 28.6 Å². The summed E-state index contributed by atoms with van der Waals surface area (Å²) in [5, 5.41) is 2.81. The molecule has 0 saturated carbocycles. The first-order valence-electron chi connectivity index (χ1n) is 9.63. The molecular weight excluding hydrogens is 374 g/mol. The molecule has 28 heavy (non-hydrogen) atoms. The number of carbonyl (C=O) groups is 1. The molecule has 7 heteroatoms. The summed E-state index contributed by atoms with van der Waals surface area (Å²) in [5.41, 5.74) is 1.43. The number of hydrogen-bond donors (Lipinski definition) is 1. The van der Waals surface area contributed by atoms with Crippen molar-refractivity contribution in [2.75, 3.05) is 36.9 Å². The van der Waals surface area contributed by atoms with E-state index in [1.165, 1.54) is 0 Å². The van der Waals surface area contributed by atoms with Crippen LogP contribution in [0, 0.1) is 0 Å². The molecule has 0 unspecified atom stereocenters. The first kappa shape index (κ1) is 20.4. The Morgan fingerprint density at radius 1 is 1.00 bits per heavy atom. The third kappa shape index (κ3) is 5.11. The van der Waals surface area contributed by atoms with Gasteiger partial charge in [0.2, 0.25) is 15.9 Å². The first-order chi connectivity index (χ1) is 13.5. The Bertz CT molecular complexity index is 892. The van der Waals surface area contributed by atoms with Crippen molar-refractivity contribution in [2.24, 2.45) is 0 Å². The summed E-state index contributed by atoms with van der Waals surface area (Å²) >= 11 is 0. The van der Waals surface area contributed by atoms with E-state index in [-0.39, 0.29) is 17.3 Å². The number of para-hydroxylation sites is 1. The Labute approximate surface area is 167 Å². The number of sulfonamides is 1. The summed E-state index contributed by atoms with van der Waals surface area (Å²) in [5.74, 6) is -0.198. The normalized spacial score (nSPS) is 15.6. The highest BCUT2D eigenvalue weighted by molar-refractivity contribution is 7.89. The van der Waals surface area contributed by atoms with E-state index in [9.17, 15) is 13.2 Å². The maximum atomic E-state index is 12.9. The molecule has 0 aliphatic carbocycles. The predicted molar refractivity (Wildman–Crippen MR) is 112 cm³/mol. The number of amides is 1. The Balaban J connectivity index is 1.68. The number of likely N-dealkylation sites (N-methyl/N-ethyl adjacent to an activating group) is 1. The monoisotopic (exact) mass is 401 g/mol. The summed E-state index contributed by atoms with van der Waals surface area (Å²) in [6, 6.07) is 16.1. The van der Waals surface area contributed by atoms with E-state index in [4.69, 9.17) is 0 Å². The van der Waals surface area contributed by atoms with Gasteiger partial charge in [-0.1, -0.05) is 37.1 Å². The highest BCUT2D eigenvalue weighted by Gasteiger charge is 2.25. The number of carbonyl (C=O) groups excluding carboxylic acids is 1. The quantitative estimate of drug-likeness (QED) is 0.806. The second-order valence-electron chi connectivity index (χ2n) is 7.09. The zero-order valence-electron chi connectivity index (χ0n) is 16.2. The molecule has 6 nitrogen and oxygen atoms in total. The van der Waals surface area contributed by atoms with Crippen LogP contribution in [0.15, 0.2) is 59.5 Å². The number of anilines is 2. The van der Waals surface area contributed by atoms with Crippen LogP contribution >= 0.6 is 0 Å². The predicted octanol–water partition coefficient (Wildman–Crippen LogP) is 3.33. The van der Waals surface area contributed by atoms with Crippen LogP contribution in [0.5, 0.6) is 0 Å². The number of benzene rings is 2. The van der Waals surface area contributed by atoms with E-state index in [2.05, 4.69) is 5.32 Å². The van der Waals surface area contributed by atoms with Crippen LogP contribution in [0.4, 0.5) is 11.4 Å². The molecule has 0 radical (unpaired) electrons. The summed E-state index contributed by atoms with van der Waals surface area (Å²) in [4.78, 5) is 14.5. The average Bonchev–Trinajstić information content (AvgIpc) is 2.99. The smallest absolute Gasteiger partial charge is 0.243 e. The fourth-order valence-corrected chi connectivity index (χ4v) is 4.92. The van der Waals surface area contributed by atoms with E-state index < -0.39 is 10.0 Å². The van der Waals surface area contributed by atoms with Crippen molar-refractivity contribution in [2.45, 2.75) is 30.6 Å². The van der Waals surface area contributed by atoms with Gasteiger partial charge in [-0.25, -0.2) is 8.42 Å². The van der Waals surface area contributed by atoms with Gasteiger partial charge in [0, 0.05) is 31.5 Å². The highest BCUT2D eigenvalue weighted by atomic mass is 32.2. The van der Waals surface area contributed by atoms with Gasteiger partial charge in [0.15, 0.2) is 0 Å². The number of nitrogens with zero attached hydrogens (tertiary/aromatic N) is 2. The molecule has 0 bridgehead atoms. The fourth-order valence-electron chi connectivity index (χ4n) is 3.36. The SMILES string of the molecule is CN(CC(=O)Nc1cccc(S(=O)(=O)N2CCCCCC2)c1)c1ccccc1. The lowest BCUT2D eigenvalue weighted by Gasteiger charge is -2.21. The van der Waals surface area contributed by atoms with Crippen LogP contribution in [0.1, 0.15) is 25.7 Å². The van der Waals surface area contributed by atoms with Crippen LogP contribution in [0.25, 0.3) is 0 Å². The van der Waals surface area contributed by atoms with Crippen LogP contribution in [-0.2, 0) is 14.8 Å². The van der Waals surface area contributed by atoms with E-state index in [0.717, 1.165) is 31.4 Å². The second-order valence-corrected chi connectivity index (χ2v) is 9.02. The van der Waals surface area contributed by atoms with Gasteiger partial charge < -0.3 is 10.2 Å². The lowest BCUT2D eigenvalue weighted by atomic mass is 10.2. The van der Waals surface area contributed by atoms with Gasteiger partial charge in [-0.3, -0.25) is 4.79 Å². The topological polar surface area (TPSA) is 69.7 Å². The van der Waals surface area contributed by atoms with Crippen LogP contribution < -0.4 is 10.2 Å². The lowest BCUT2D eigenvalue weighted by molar-refractivity contribution is -0.114. The molecule has 150 valence electrons. The van der Waals surface area contributed by atoms with Crippen molar-refractivity contribution in [1.29, 1.82) is 0 Å². The summed E-state index contributed by atoms with van der Waals surface area (Å²) in [7, 11) is -1.70. The molecular formula is C21H27N3O3S. The van der Waals surface area contributed by atoms with Gasteiger partial charge >= 0.3 is 0 Å². The molecule has 2 aromatic carbocycles. The molecule has 1 aliphatic heterocycles. The second kappa shape index (κ2) is 9.21. The number of nitrogens with one attached hydrogen (secondary N) is 1. The van der Waals surface area contributed by atoms with Crippen molar-refractivity contribution in [3.63, 3.8) is 0 Å². The van der Waals surface area contributed by atoms with Crippen LogP contribution in [-0.4, -0.2) is 45.3 Å². The molecule has 1 heterocycles. The van der Waals surface area contributed by atoms with Gasteiger partial charge in [-0.05, 0) is 43.2 Å². The first-order valence-corrected chi connectivity index (χ1v) is 11.1. The third-order valence-electron chi connectivity index (χ3n) is 4.90. The van der Waals surface area contributed by atoms with Crippen molar-refractivity contribution in [1.82, 2.24) is 4.31 Å². The minimum Gasteiger partial charge on any atom is -0.365 e. The Kier molecular flexibility index (Phi) is 6.70. The van der Waals surface area contributed by atoms with E-state index in [0.29, 0.717) is 18.8 Å². The minimum absolute atomic E-state index is 0.174. The number of hydrogen-bond acceptors (Lipinski definition) is 4. The molecule has 0 spiro atoms. The van der Waals surface area contributed by atoms with Crippen molar-refractivity contribution >= 4 is 27.3 Å². The maximum absolute atomic E-state index is 12.9. The lowest BCUT2D eigenvalue weighted by Crippen LogP contribution is -2.32. The molecule has 1 N–H and O–H groups in total. The molecule has 2 aromatic rings. The van der Waals surface area contributed by atoms with E-state index >= 15 is 0 Å². The Hall–Kier alpha value is -2.38. The van der Waals surface area contributed by atoms with Crippen LogP contribution in [0.3, 0.4) is 0 Å². The summed E-state index contributed by atoms with van der Waals surface area (Å²) < 4.78 is 27.5. The number of rotatable bonds is 6. The fraction of sp³-hybridized carbons (Fsp3) is 0.381. The molecule has 1 aliphatic rings.